The number of hydrogen-bond donors (Lipinski definition) is 2. The minimum atomic E-state index is -4.47. The number of ether oxygens (including phenoxy) is 1. The Kier molecular flexibility index (Phi) is 48.8. The molecular formula is C62H108N2O7P+. The molecule has 0 saturated heterocycles. The van der Waals surface area contributed by atoms with Crippen molar-refractivity contribution in [2.45, 2.75) is 232 Å². The minimum absolute atomic E-state index is 0.0185. The molecule has 10 heteroatoms. The van der Waals surface area contributed by atoms with Crippen LogP contribution in [0.4, 0.5) is 0 Å². The van der Waals surface area contributed by atoms with E-state index >= 15 is 0 Å². The fourth-order valence-electron chi connectivity index (χ4n) is 7.52. The zero-order valence-electron chi connectivity index (χ0n) is 46.9. The number of quaternary nitrogens is 1. The van der Waals surface area contributed by atoms with Crippen LogP contribution in [0.3, 0.4) is 0 Å². The Bertz CT molecular complexity index is 1600. The second kappa shape index (κ2) is 51.2. The first-order valence-electron chi connectivity index (χ1n) is 28.7. The molecule has 0 aromatic heterocycles. The Morgan fingerprint density at radius 2 is 0.903 bits per heavy atom. The number of carbonyl (C=O) groups excluding carboxylic acids is 2. The molecule has 412 valence electrons. The van der Waals surface area contributed by atoms with Gasteiger partial charge in [-0.15, -0.1) is 0 Å². The Morgan fingerprint density at radius 3 is 1.36 bits per heavy atom. The Morgan fingerprint density at radius 1 is 0.500 bits per heavy atom. The molecule has 72 heavy (non-hydrogen) atoms. The van der Waals surface area contributed by atoms with E-state index in [4.69, 9.17) is 13.8 Å². The number of unbranched alkanes of at least 4 members (excludes halogenated alkanes) is 18. The van der Waals surface area contributed by atoms with Crippen molar-refractivity contribution in [3.63, 3.8) is 0 Å². The van der Waals surface area contributed by atoms with Crippen LogP contribution >= 0.6 is 7.82 Å². The number of rotatable bonds is 50. The van der Waals surface area contributed by atoms with Gasteiger partial charge in [0.05, 0.1) is 33.8 Å². The van der Waals surface area contributed by atoms with Crippen LogP contribution in [0.1, 0.15) is 220 Å². The van der Waals surface area contributed by atoms with Crippen molar-refractivity contribution in [2.75, 3.05) is 40.9 Å². The second-order valence-corrected chi connectivity index (χ2v) is 21.5. The van der Waals surface area contributed by atoms with Gasteiger partial charge in [0.2, 0.25) is 5.91 Å². The normalized spacial score (nSPS) is 14.6. The lowest BCUT2D eigenvalue weighted by Crippen LogP contribution is -2.47. The van der Waals surface area contributed by atoms with E-state index in [1.54, 1.807) is 0 Å². The maximum absolute atomic E-state index is 13.5. The summed E-state index contributed by atoms with van der Waals surface area (Å²) in [6, 6.07) is -0.899. The molecule has 2 N–H and O–H groups in total. The highest BCUT2D eigenvalue weighted by Crippen LogP contribution is 2.43. The van der Waals surface area contributed by atoms with E-state index in [-0.39, 0.29) is 32.0 Å². The quantitative estimate of drug-likeness (QED) is 0.0205. The molecule has 0 aromatic carbocycles. The molecule has 0 aliphatic carbocycles. The lowest BCUT2D eigenvalue weighted by atomic mass is 10.1. The molecule has 0 fully saturated rings. The lowest BCUT2D eigenvalue weighted by molar-refractivity contribution is -0.870. The molecule has 0 rings (SSSR count). The molecule has 0 bridgehead atoms. The molecule has 0 aromatic rings. The Balaban J connectivity index is 5.47. The average molecular weight is 1020 g/mol. The first-order chi connectivity index (χ1) is 34.9. The summed E-state index contributed by atoms with van der Waals surface area (Å²) < 4.78 is 30.5. The monoisotopic (exact) mass is 1020 g/mol. The fourth-order valence-corrected chi connectivity index (χ4v) is 8.26. The molecular weight excluding hydrogens is 916 g/mol. The number of nitrogens with one attached hydrogen (secondary N) is 1. The second-order valence-electron chi connectivity index (χ2n) is 20.1. The van der Waals surface area contributed by atoms with Gasteiger partial charge in [-0.1, -0.05) is 214 Å². The molecule has 0 aliphatic heterocycles. The lowest BCUT2D eigenvalue weighted by Gasteiger charge is -2.27. The predicted octanol–water partition coefficient (Wildman–Crippen LogP) is 17.4. The van der Waals surface area contributed by atoms with E-state index in [0.717, 1.165) is 83.5 Å². The molecule has 3 atom stereocenters. The van der Waals surface area contributed by atoms with Gasteiger partial charge in [0.25, 0.3) is 0 Å². The van der Waals surface area contributed by atoms with E-state index in [1.807, 2.05) is 39.4 Å². The summed E-state index contributed by atoms with van der Waals surface area (Å²) in [4.78, 5) is 37.5. The molecule has 0 aliphatic rings. The van der Waals surface area contributed by atoms with E-state index in [9.17, 15) is 19.0 Å². The summed E-state index contributed by atoms with van der Waals surface area (Å²) in [6.45, 7) is 6.79. The van der Waals surface area contributed by atoms with Crippen molar-refractivity contribution >= 4 is 19.7 Å². The highest BCUT2D eigenvalue weighted by Gasteiger charge is 2.30. The number of nitrogens with zero attached hydrogens (tertiary/aromatic N) is 1. The number of hydrogen-bond acceptors (Lipinski definition) is 6. The van der Waals surface area contributed by atoms with Gasteiger partial charge < -0.3 is 19.4 Å². The van der Waals surface area contributed by atoms with Gasteiger partial charge in [0, 0.05) is 12.8 Å². The molecule has 0 saturated carbocycles. The maximum Gasteiger partial charge on any atom is 0.472 e. The van der Waals surface area contributed by atoms with Gasteiger partial charge in [-0.25, -0.2) is 4.57 Å². The van der Waals surface area contributed by atoms with Crippen LogP contribution in [0.25, 0.3) is 0 Å². The van der Waals surface area contributed by atoms with Crippen LogP contribution in [-0.4, -0.2) is 74.3 Å². The van der Waals surface area contributed by atoms with Gasteiger partial charge in [-0.3, -0.25) is 18.6 Å². The molecule has 1 amide bonds. The van der Waals surface area contributed by atoms with Gasteiger partial charge in [0.15, 0.2) is 0 Å². The van der Waals surface area contributed by atoms with Crippen molar-refractivity contribution in [1.82, 2.24) is 5.32 Å². The summed E-state index contributed by atoms with van der Waals surface area (Å²) in [7, 11) is 1.42. The van der Waals surface area contributed by atoms with Gasteiger partial charge in [0.1, 0.15) is 19.3 Å². The summed E-state index contributed by atoms with van der Waals surface area (Å²) in [5, 5.41) is 3.00. The fraction of sp³-hybridized carbons (Fsp3) is 0.677. The summed E-state index contributed by atoms with van der Waals surface area (Å²) >= 11 is 0. The molecule has 9 nitrogen and oxygen atoms in total. The number of carbonyl (C=O) groups is 2. The van der Waals surface area contributed by atoms with Gasteiger partial charge >= 0.3 is 13.8 Å². The van der Waals surface area contributed by atoms with Crippen LogP contribution in [-0.2, 0) is 27.9 Å². The third kappa shape index (κ3) is 51.6. The van der Waals surface area contributed by atoms with Crippen LogP contribution in [0, 0.1) is 0 Å². The number of phosphoric acid groups is 1. The van der Waals surface area contributed by atoms with E-state index < -0.39 is 25.9 Å². The Labute approximate surface area is 442 Å². The number of esters is 1. The number of phosphoric ester groups is 1. The van der Waals surface area contributed by atoms with Crippen molar-refractivity contribution in [1.29, 1.82) is 0 Å². The van der Waals surface area contributed by atoms with Crippen LogP contribution in [0.5, 0.6) is 0 Å². The van der Waals surface area contributed by atoms with Crippen LogP contribution in [0.2, 0.25) is 0 Å². The molecule has 0 radical (unpaired) electrons. The summed E-state index contributed by atoms with van der Waals surface area (Å²) in [5.41, 5.74) is 0. The van der Waals surface area contributed by atoms with Crippen molar-refractivity contribution in [3.8, 4) is 0 Å². The first kappa shape index (κ1) is 68.7. The standard InChI is InChI=1S/C62H107N2O7P/c1-7-10-13-16-19-22-25-28-29-30-31-32-33-34-35-37-39-42-45-48-51-54-61(65)63-59(58-70-72(67,68)69-57-56-64(4,5)6)60(53-50-47-44-41-38-27-24-21-18-15-12-9-3)71-62(66)55-52-49-46-43-40-36-26-23-20-17-14-11-8-2/h10,13,19,22,28-29,31-32,34-36,39-40,42,46,49-50,53,59-60H,7-9,11-12,14-18,20-21,23-27,30,33,37-38,41,43-45,47-48,51-52,54-58H2,1-6H3,(H-,63,65,67,68)/p+1/b13-10-,22-19-,29-28-,32-31-,35-34-,40-36-,42-39-,49-46+,53-50-. The average Bonchev–Trinajstić information content (AvgIpc) is 3.34. The van der Waals surface area contributed by atoms with E-state index in [0.29, 0.717) is 23.9 Å². The third-order valence-corrected chi connectivity index (χ3v) is 12.9. The van der Waals surface area contributed by atoms with Crippen LogP contribution < -0.4 is 5.32 Å². The number of allylic oxidation sites excluding steroid dienone is 17. The largest absolute Gasteiger partial charge is 0.472 e. The SMILES string of the molecule is CC/C=C\C/C=C\C/C=C\C/C=C\C/C=C\C/C=C\CCCCC(=O)NC(COP(=O)(O)OCC[N+](C)(C)C)C(/C=C\CCCCCCCCCCCC)OC(=O)CC/C=C/C/C=C\CCCCCCCC. The minimum Gasteiger partial charge on any atom is -0.456 e. The topological polar surface area (TPSA) is 111 Å². The zero-order valence-corrected chi connectivity index (χ0v) is 47.8. The number of likely N-dealkylation sites (N-methyl/N-ethyl adjacent to an activating group) is 1. The molecule has 3 unspecified atom stereocenters. The third-order valence-electron chi connectivity index (χ3n) is 12.0. The maximum atomic E-state index is 13.5. The van der Waals surface area contributed by atoms with Crippen molar-refractivity contribution < 1.29 is 37.3 Å². The van der Waals surface area contributed by atoms with Crippen LogP contribution in [0.15, 0.2) is 109 Å². The smallest absolute Gasteiger partial charge is 0.456 e. The predicted molar refractivity (Wildman–Crippen MR) is 309 cm³/mol. The number of amides is 1. The molecule has 0 heterocycles. The van der Waals surface area contributed by atoms with Gasteiger partial charge in [-0.2, -0.15) is 0 Å². The highest BCUT2D eigenvalue weighted by molar-refractivity contribution is 7.47. The zero-order chi connectivity index (χ0) is 52.9. The molecule has 0 spiro atoms. The van der Waals surface area contributed by atoms with E-state index in [1.165, 1.54) is 89.9 Å². The first-order valence-corrected chi connectivity index (χ1v) is 30.2. The summed E-state index contributed by atoms with van der Waals surface area (Å²) in [5.74, 6) is -0.643. The van der Waals surface area contributed by atoms with Crippen molar-refractivity contribution in [3.05, 3.63) is 109 Å². The van der Waals surface area contributed by atoms with Crippen molar-refractivity contribution in [2.24, 2.45) is 0 Å². The Hall–Kier alpha value is -3.33. The van der Waals surface area contributed by atoms with E-state index in [2.05, 4.69) is 117 Å². The highest BCUT2D eigenvalue weighted by atomic mass is 31.2. The van der Waals surface area contributed by atoms with Gasteiger partial charge in [-0.05, 0) is 102 Å². The summed E-state index contributed by atoms with van der Waals surface area (Å²) in [6.07, 6.45) is 69.6.